The number of carbonyl (C=O) groups is 1. The van der Waals surface area contributed by atoms with Crippen LogP contribution in [0.1, 0.15) is 35.7 Å². The third kappa shape index (κ3) is 4.81. The van der Waals surface area contributed by atoms with Gasteiger partial charge in [-0.05, 0) is 49.6 Å². The minimum absolute atomic E-state index is 0.0488. The number of non-ortho nitro benzene ring substituents is 1. The average Bonchev–Trinajstić information content (AvgIpc) is 3.25. The minimum atomic E-state index is -0.625. The summed E-state index contributed by atoms with van der Waals surface area (Å²) in [5, 5.41) is 27.1. The van der Waals surface area contributed by atoms with Crippen molar-refractivity contribution in [3.8, 4) is 11.5 Å². The molecule has 3 rings (SSSR count). The molecule has 9 heteroatoms. The van der Waals surface area contributed by atoms with E-state index in [1.165, 1.54) is 12.8 Å². The third-order valence-electron chi connectivity index (χ3n) is 4.55. The highest BCUT2D eigenvalue weighted by molar-refractivity contribution is 5.95. The predicted molar refractivity (Wildman–Crippen MR) is 107 cm³/mol. The molecule has 0 saturated carbocycles. The van der Waals surface area contributed by atoms with Gasteiger partial charge < -0.3 is 14.7 Å². The number of hydrogen-bond acceptors (Lipinski definition) is 7. The van der Waals surface area contributed by atoms with E-state index in [0.29, 0.717) is 5.56 Å². The van der Waals surface area contributed by atoms with E-state index >= 15 is 0 Å². The zero-order valence-corrected chi connectivity index (χ0v) is 16.0. The first-order valence-electron chi connectivity index (χ1n) is 9.30. The molecule has 1 fully saturated rings. The molecule has 1 N–H and O–H groups in total. The van der Waals surface area contributed by atoms with Crippen LogP contribution in [-0.2, 0) is 0 Å². The molecule has 0 radical (unpaired) electrons. The average molecular weight is 397 g/mol. The van der Waals surface area contributed by atoms with Crippen LogP contribution in [0.2, 0.25) is 0 Å². The lowest BCUT2D eigenvalue weighted by molar-refractivity contribution is -0.385. The number of rotatable bonds is 7. The second-order valence-electron chi connectivity index (χ2n) is 6.49. The van der Waals surface area contributed by atoms with Gasteiger partial charge in [0.25, 0.3) is 11.6 Å². The maximum absolute atomic E-state index is 12.3. The van der Waals surface area contributed by atoms with Crippen molar-refractivity contribution in [2.24, 2.45) is 5.10 Å². The summed E-state index contributed by atoms with van der Waals surface area (Å²) < 4.78 is 5.15. The summed E-state index contributed by atoms with van der Waals surface area (Å²) in [7, 11) is 0. The molecule has 29 heavy (non-hydrogen) atoms. The Bertz CT molecular complexity index is 921. The van der Waals surface area contributed by atoms with E-state index in [4.69, 9.17) is 4.74 Å². The minimum Gasteiger partial charge on any atom is -0.870 e. The summed E-state index contributed by atoms with van der Waals surface area (Å²) in [6, 6.07) is 9.34. The van der Waals surface area contributed by atoms with Gasteiger partial charge in [-0.3, -0.25) is 14.9 Å². The Kier molecular flexibility index (Phi) is 6.28. The van der Waals surface area contributed by atoms with Crippen molar-refractivity contribution in [1.29, 1.82) is 0 Å². The van der Waals surface area contributed by atoms with Crippen LogP contribution in [0.25, 0.3) is 0 Å². The molecule has 0 bridgehead atoms. The molecular weight excluding hydrogens is 376 g/mol. The second kappa shape index (κ2) is 9.05. The van der Waals surface area contributed by atoms with Crippen molar-refractivity contribution in [2.75, 3.05) is 24.6 Å². The number of hydrogen-bond donors (Lipinski definition) is 1. The van der Waals surface area contributed by atoms with Crippen LogP contribution in [0.3, 0.4) is 0 Å². The summed E-state index contributed by atoms with van der Waals surface area (Å²) in [5.74, 6) is -1.12. The van der Waals surface area contributed by atoms with Crippen LogP contribution in [0.4, 0.5) is 11.4 Å². The van der Waals surface area contributed by atoms with Gasteiger partial charge in [0, 0.05) is 30.4 Å². The highest BCUT2D eigenvalue weighted by Crippen LogP contribution is 2.31. The molecule has 152 valence electrons. The van der Waals surface area contributed by atoms with Gasteiger partial charge in [0.1, 0.15) is 5.75 Å². The Labute approximate surface area is 167 Å². The van der Waals surface area contributed by atoms with Crippen molar-refractivity contribution in [2.45, 2.75) is 19.8 Å². The van der Waals surface area contributed by atoms with E-state index in [2.05, 4.69) is 15.4 Å². The zero-order valence-electron chi connectivity index (χ0n) is 16.0. The molecule has 1 heterocycles. The van der Waals surface area contributed by atoms with Gasteiger partial charge in [0.05, 0.1) is 23.8 Å². The molecule has 2 aromatic carbocycles. The first-order chi connectivity index (χ1) is 14.0. The predicted octanol–water partition coefficient (Wildman–Crippen LogP) is 2.43. The van der Waals surface area contributed by atoms with E-state index in [0.717, 1.165) is 37.1 Å². The summed E-state index contributed by atoms with van der Waals surface area (Å²) >= 11 is 0. The van der Waals surface area contributed by atoms with Crippen LogP contribution in [0.5, 0.6) is 11.5 Å². The fourth-order valence-corrected chi connectivity index (χ4v) is 3.10. The maximum Gasteiger partial charge on any atom is 0.273 e. The highest BCUT2D eigenvalue weighted by atomic mass is 16.6. The molecule has 1 saturated heterocycles. The lowest BCUT2D eigenvalue weighted by atomic mass is 10.1. The largest absolute Gasteiger partial charge is 0.870 e. The number of hydrazone groups is 1. The standard InChI is InChI=1S/C20H22N4O5/c1-2-29-18-12-17(24(27)28)11-15(19(18)25)13-21-22-20(26)14-5-7-16(8-6-14)23-9-3-4-10-23/h5-8,11-13,25H,2-4,9-10H2,1H3,(H,22,26)/p-1/b21-13-. The topological polar surface area (TPSA) is 120 Å². The fourth-order valence-electron chi connectivity index (χ4n) is 3.10. The molecule has 2 aromatic rings. The monoisotopic (exact) mass is 397 g/mol. The van der Waals surface area contributed by atoms with Crippen LogP contribution in [-0.4, -0.2) is 36.7 Å². The van der Waals surface area contributed by atoms with E-state index in [-0.39, 0.29) is 23.6 Å². The molecule has 9 nitrogen and oxygen atoms in total. The smallest absolute Gasteiger partial charge is 0.273 e. The lowest BCUT2D eigenvalue weighted by Gasteiger charge is -2.17. The lowest BCUT2D eigenvalue weighted by Crippen LogP contribution is -2.19. The molecule has 0 aromatic heterocycles. The Hall–Kier alpha value is -3.62. The molecule has 0 unspecified atom stereocenters. The van der Waals surface area contributed by atoms with Crippen LogP contribution >= 0.6 is 0 Å². The molecule has 0 spiro atoms. The normalized spacial score (nSPS) is 13.6. The van der Waals surface area contributed by atoms with Gasteiger partial charge in [-0.1, -0.05) is 5.75 Å². The number of ether oxygens (including phenoxy) is 1. The summed E-state index contributed by atoms with van der Waals surface area (Å²) in [6.45, 7) is 3.89. The van der Waals surface area contributed by atoms with Crippen LogP contribution in [0.15, 0.2) is 41.5 Å². The summed E-state index contributed by atoms with van der Waals surface area (Å²) in [4.78, 5) is 24.9. The van der Waals surface area contributed by atoms with E-state index in [1.54, 1.807) is 19.1 Å². The number of amides is 1. The number of carbonyl (C=O) groups excluding carboxylic acids is 1. The molecule has 1 aliphatic rings. The fraction of sp³-hybridized carbons (Fsp3) is 0.300. The second-order valence-corrected chi connectivity index (χ2v) is 6.49. The SMILES string of the molecule is CCOc1cc([N+](=O)[O-])cc(/C=N\NC(=O)c2ccc(N3CCCC3)cc2)c1[O-]. The Morgan fingerprint density at radius 1 is 1.28 bits per heavy atom. The number of nitrogens with zero attached hydrogens (tertiary/aromatic N) is 3. The first-order valence-corrected chi connectivity index (χ1v) is 9.30. The Balaban J connectivity index is 1.70. The Morgan fingerprint density at radius 2 is 1.97 bits per heavy atom. The summed E-state index contributed by atoms with van der Waals surface area (Å²) in [6.07, 6.45) is 3.41. The van der Waals surface area contributed by atoms with Gasteiger partial charge in [-0.2, -0.15) is 5.10 Å². The van der Waals surface area contributed by atoms with Gasteiger partial charge in [0.2, 0.25) is 0 Å². The molecule has 0 atom stereocenters. The molecule has 1 aliphatic heterocycles. The quantitative estimate of drug-likeness (QED) is 0.435. The number of anilines is 1. The van der Waals surface area contributed by atoms with Crippen molar-refractivity contribution < 1.29 is 19.6 Å². The van der Waals surface area contributed by atoms with Gasteiger partial charge in [-0.15, -0.1) is 0 Å². The van der Waals surface area contributed by atoms with E-state index < -0.39 is 16.6 Å². The van der Waals surface area contributed by atoms with Crippen molar-refractivity contribution in [3.05, 3.63) is 57.6 Å². The summed E-state index contributed by atoms with van der Waals surface area (Å²) in [5.41, 5.74) is 3.48. The Morgan fingerprint density at radius 3 is 2.59 bits per heavy atom. The third-order valence-corrected chi connectivity index (χ3v) is 4.55. The number of nitro groups is 1. The van der Waals surface area contributed by atoms with Gasteiger partial charge in [-0.25, -0.2) is 5.43 Å². The van der Waals surface area contributed by atoms with Crippen molar-refractivity contribution >= 4 is 23.5 Å². The van der Waals surface area contributed by atoms with Crippen LogP contribution in [0, 0.1) is 10.1 Å². The number of benzene rings is 2. The number of nitro benzene ring substituents is 1. The van der Waals surface area contributed by atoms with Gasteiger partial charge in [0.15, 0.2) is 0 Å². The first kappa shape index (κ1) is 20.1. The maximum atomic E-state index is 12.3. The van der Waals surface area contributed by atoms with Crippen LogP contribution < -0.4 is 20.2 Å². The zero-order chi connectivity index (χ0) is 20.8. The molecular formula is C20H21N4O5-. The van der Waals surface area contributed by atoms with Crippen molar-refractivity contribution in [3.63, 3.8) is 0 Å². The van der Waals surface area contributed by atoms with E-state index in [1.807, 2.05) is 12.1 Å². The molecule has 0 aliphatic carbocycles. The highest BCUT2D eigenvalue weighted by Gasteiger charge is 2.14. The number of nitrogens with one attached hydrogen (secondary N) is 1. The van der Waals surface area contributed by atoms with Crippen molar-refractivity contribution in [1.82, 2.24) is 5.43 Å². The van der Waals surface area contributed by atoms with Gasteiger partial charge >= 0.3 is 0 Å². The molecule has 1 amide bonds. The van der Waals surface area contributed by atoms with E-state index in [9.17, 15) is 20.0 Å².